The first-order valence-corrected chi connectivity index (χ1v) is 6.69. The van der Waals surface area contributed by atoms with Gasteiger partial charge in [0.2, 0.25) is 0 Å². The van der Waals surface area contributed by atoms with Gasteiger partial charge in [-0.25, -0.2) is 0 Å². The van der Waals surface area contributed by atoms with E-state index in [-0.39, 0.29) is 26.2 Å². The molecular formula is C16H32N4Zr. The van der Waals surface area contributed by atoms with E-state index in [2.05, 4.69) is 0 Å². The zero-order valence-electron chi connectivity index (χ0n) is 13.9. The Morgan fingerprint density at radius 3 is 0.619 bits per heavy atom. The van der Waals surface area contributed by atoms with Crippen LogP contribution in [0.15, 0.2) is 48.6 Å². The summed E-state index contributed by atoms with van der Waals surface area (Å²) in [5.41, 5.74) is 26.1. The smallest absolute Gasteiger partial charge is 0.674 e. The van der Waals surface area contributed by atoms with Crippen molar-refractivity contribution in [2.24, 2.45) is 0 Å². The van der Waals surface area contributed by atoms with E-state index in [0.29, 0.717) is 26.2 Å². The molecular weight excluding hydrogens is 339 g/mol. The van der Waals surface area contributed by atoms with E-state index in [9.17, 15) is 0 Å². The van der Waals surface area contributed by atoms with Gasteiger partial charge in [0, 0.05) is 0 Å². The van der Waals surface area contributed by atoms with E-state index in [1.54, 1.807) is 24.3 Å². The molecule has 0 saturated heterocycles. The molecule has 0 aromatic carbocycles. The van der Waals surface area contributed by atoms with Crippen LogP contribution in [0.4, 0.5) is 0 Å². The monoisotopic (exact) mass is 370 g/mol. The van der Waals surface area contributed by atoms with Gasteiger partial charge in [0.05, 0.1) is 0 Å². The minimum atomic E-state index is 0. The van der Waals surface area contributed by atoms with Crippen LogP contribution >= 0.6 is 0 Å². The summed E-state index contributed by atoms with van der Waals surface area (Å²) >= 11 is 0. The average Bonchev–Trinajstić information content (AvgIpc) is 2.44. The summed E-state index contributed by atoms with van der Waals surface area (Å²) in [5.74, 6) is 0. The largest absolute Gasteiger partial charge is 4.00 e. The molecule has 0 saturated carbocycles. The van der Waals surface area contributed by atoms with Gasteiger partial charge in [-0.15, -0.1) is 50.5 Å². The Morgan fingerprint density at radius 2 is 0.619 bits per heavy atom. The predicted molar refractivity (Wildman–Crippen MR) is 96.0 cm³/mol. The molecule has 0 aliphatic carbocycles. The zero-order valence-corrected chi connectivity index (χ0v) is 16.4. The Morgan fingerprint density at radius 1 is 0.476 bits per heavy atom. The molecule has 0 amide bonds. The quantitative estimate of drug-likeness (QED) is 0.507. The summed E-state index contributed by atoms with van der Waals surface area (Å²) < 4.78 is 0. The van der Waals surface area contributed by atoms with Crippen LogP contribution < -0.4 is 0 Å². The van der Waals surface area contributed by atoms with Crippen LogP contribution in [0, 0.1) is 0 Å². The van der Waals surface area contributed by atoms with Crippen molar-refractivity contribution in [2.75, 3.05) is 26.2 Å². The van der Waals surface area contributed by atoms with Crippen LogP contribution in [-0.4, -0.2) is 26.2 Å². The van der Waals surface area contributed by atoms with Gasteiger partial charge in [0.1, 0.15) is 0 Å². The molecule has 4 N–H and O–H groups in total. The van der Waals surface area contributed by atoms with Crippen molar-refractivity contribution in [3.05, 3.63) is 71.5 Å². The molecule has 0 heterocycles. The SMILES string of the molecule is CC=CC[NH-].CC=CC[NH-].CC=CC[NH-].CC=CC[NH-].[Zr+4]. The normalized spacial score (nSPS) is 9.52. The van der Waals surface area contributed by atoms with Gasteiger partial charge >= 0.3 is 26.2 Å². The van der Waals surface area contributed by atoms with E-state index < -0.39 is 0 Å². The van der Waals surface area contributed by atoms with Crippen molar-refractivity contribution in [1.82, 2.24) is 0 Å². The third-order valence-corrected chi connectivity index (χ3v) is 1.41. The van der Waals surface area contributed by atoms with Crippen LogP contribution in [0.25, 0.3) is 22.9 Å². The second-order valence-electron chi connectivity index (χ2n) is 3.09. The predicted octanol–water partition coefficient (Wildman–Crippen LogP) is 6.46. The van der Waals surface area contributed by atoms with Crippen molar-refractivity contribution in [2.45, 2.75) is 27.7 Å². The van der Waals surface area contributed by atoms with E-state index in [1.807, 2.05) is 52.0 Å². The maximum absolute atomic E-state index is 6.52. The number of hydrogen-bond acceptors (Lipinski definition) is 0. The Kier molecular flexibility index (Phi) is 78.1. The second-order valence-corrected chi connectivity index (χ2v) is 3.09. The van der Waals surface area contributed by atoms with Gasteiger partial charge in [-0.05, 0) is 27.7 Å². The first-order chi connectivity index (χ1) is 9.66. The molecule has 21 heavy (non-hydrogen) atoms. The first kappa shape index (κ1) is 32.6. The molecule has 0 rings (SSSR count). The number of hydrogen-bond donors (Lipinski definition) is 0. The summed E-state index contributed by atoms with van der Waals surface area (Å²) in [4.78, 5) is 0. The first-order valence-electron chi connectivity index (χ1n) is 6.69. The van der Waals surface area contributed by atoms with Crippen LogP contribution in [0.5, 0.6) is 0 Å². The molecule has 5 heteroatoms. The van der Waals surface area contributed by atoms with Crippen LogP contribution in [-0.2, 0) is 26.2 Å². The standard InChI is InChI=1S/4C4H8N.Zr/c4*1-2-3-4-5;/h4*2-3,5H,4H2,1H3;/q4*-1;+4. The molecule has 0 aliphatic rings. The summed E-state index contributed by atoms with van der Waals surface area (Å²) in [6.45, 7) is 9.30. The minimum Gasteiger partial charge on any atom is -0.674 e. The molecule has 0 aromatic heterocycles. The molecule has 0 spiro atoms. The molecule has 0 bridgehead atoms. The molecule has 0 aromatic rings. The van der Waals surface area contributed by atoms with Crippen molar-refractivity contribution in [3.8, 4) is 0 Å². The van der Waals surface area contributed by atoms with Gasteiger partial charge in [-0.1, -0.05) is 24.3 Å². The molecule has 120 valence electrons. The van der Waals surface area contributed by atoms with E-state index >= 15 is 0 Å². The average molecular weight is 372 g/mol. The van der Waals surface area contributed by atoms with Crippen LogP contribution in [0.3, 0.4) is 0 Å². The number of rotatable bonds is 4. The third-order valence-electron chi connectivity index (χ3n) is 1.41. The van der Waals surface area contributed by atoms with Gasteiger partial charge in [-0.3, -0.25) is 0 Å². The van der Waals surface area contributed by atoms with E-state index in [4.69, 9.17) is 22.9 Å². The Hall–Kier alpha value is -0.317. The second kappa shape index (κ2) is 50.3. The summed E-state index contributed by atoms with van der Waals surface area (Å²) in [6.07, 6.45) is 14.6. The fraction of sp³-hybridized carbons (Fsp3) is 0.500. The summed E-state index contributed by atoms with van der Waals surface area (Å²) in [6, 6.07) is 0. The van der Waals surface area contributed by atoms with Crippen molar-refractivity contribution in [1.29, 1.82) is 0 Å². The van der Waals surface area contributed by atoms with Gasteiger partial charge < -0.3 is 22.9 Å². The fourth-order valence-electron chi connectivity index (χ4n) is 0.471. The summed E-state index contributed by atoms with van der Waals surface area (Å²) in [5, 5.41) is 0. The molecule has 0 aliphatic heterocycles. The van der Waals surface area contributed by atoms with Crippen LogP contribution in [0.2, 0.25) is 0 Å². The molecule has 4 nitrogen and oxygen atoms in total. The van der Waals surface area contributed by atoms with Crippen LogP contribution in [0.1, 0.15) is 27.7 Å². The molecule has 0 unspecified atom stereocenters. The number of nitrogens with one attached hydrogen (secondary N) is 4. The van der Waals surface area contributed by atoms with Crippen molar-refractivity contribution in [3.63, 3.8) is 0 Å². The Bertz CT molecular complexity index is 176. The Labute approximate surface area is 151 Å². The minimum absolute atomic E-state index is 0. The maximum Gasteiger partial charge on any atom is 4.00 e. The maximum atomic E-state index is 6.52. The van der Waals surface area contributed by atoms with Gasteiger partial charge in [0.15, 0.2) is 0 Å². The Balaban J connectivity index is -0.0000000533. The molecule has 0 radical (unpaired) electrons. The van der Waals surface area contributed by atoms with Gasteiger partial charge in [0.25, 0.3) is 0 Å². The summed E-state index contributed by atoms with van der Waals surface area (Å²) in [7, 11) is 0. The fourth-order valence-corrected chi connectivity index (χ4v) is 0.471. The zero-order chi connectivity index (χ0) is 16.5. The number of allylic oxidation sites excluding steroid dienone is 4. The molecule has 0 fully saturated rings. The van der Waals surface area contributed by atoms with E-state index in [1.165, 1.54) is 0 Å². The van der Waals surface area contributed by atoms with Gasteiger partial charge in [-0.2, -0.15) is 0 Å². The van der Waals surface area contributed by atoms with Crippen molar-refractivity contribution < 1.29 is 26.2 Å². The third kappa shape index (κ3) is 104. The molecule has 0 atom stereocenters. The van der Waals surface area contributed by atoms with E-state index in [0.717, 1.165) is 0 Å². The topological polar surface area (TPSA) is 95.2 Å². The van der Waals surface area contributed by atoms with Crippen molar-refractivity contribution >= 4 is 0 Å².